The van der Waals surface area contributed by atoms with Crippen LogP contribution in [0.15, 0.2) is 24.3 Å². The number of hydrogen-bond acceptors (Lipinski definition) is 5. The number of carboxylic acid groups (broad SMARTS) is 1. The van der Waals surface area contributed by atoms with Crippen LogP contribution in [0.2, 0.25) is 0 Å². The van der Waals surface area contributed by atoms with E-state index in [0.29, 0.717) is 26.2 Å². The van der Waals surface area contributed by atoms with Crippen molar-refractivity contribution in [3.05, 3.63) is 29.8 Å². The molecule has 1 aliphatic heterocycles. The van der Waals surface area contributed by atoms with Gasteiger partial charge in [-0.1, -0.05) is 39.0 Å². The molecule has 1 unspecified atom stereocenters. The van der Waals surface area contributed by atoms with E-state index in [2.05, 4.69) is 20.8 Å². The average Bonchev–Trinajstić information content (AvgIpc) is 2.58. The fourth-order valence-corrected chi connectivity index (χ4v) is 3.14. The second-order valence-corrected chi connectivity index (χ2v) is 7.96. The summed E-state index contributed by atoms with van der Waals surface area (Å²) in [6, 6.07) is 7.77. The number of aliphatic carboxylic acids is 1. The maximum absolute atomic E-state index is 12.6. The second kappa shape index (κ2) is 9.19. The van der Waals surface area contributed by atoms with E-state index in [-0.39, 0.29) is 30.6 Å². The minimum absolute atomic E-state index is 0.0230. The van der Waals surface area contributed by atoms with Crippen LogP contribution in [0.3, 0.4) is 0 Å². The van der Waals surface area contributed by atoms with Crippen LogP contribution in [0.1, 0.15) is 26.3 Å². The van der Waals surface area contributed by atoms with Gasteiger partial charge in [-0.15, -0.1) is 0 Å². The summed E-state index contributed by atoms with van der Waals surface area (Å²) in [5.41, 5.74) is 0.992. The molecule has 1 aliphatic rings. The van der Waals surface area contributed by atoms with E-state index < -0.39 is 5.97 Å². The summed E-state index contributed by atoms with van der Waals surface area (Å²) in [6.45, 7) is 8.10. The molecule has 1 atom stereocenters. The standard InChI is InChI=1S/C20H30N2O5/c1-20(2,3)16-7-5-6-8-17(16)27-14-18(23)22-9-10-26-15(12-22)11-21(4)13-19(24)25/h5-8,15H,9-14H2,1-4H3,(H,24,25). The third-order valence-electron chi connectivity index (χ3n) is 4.46. The fraction of sp³-hybridized carbons (Fsp3) is 0.600. The predicted molar refractivity (Wildman–Crippen MR) is 102 cm³/mol. The first-order valence-electron chi connectivity index (χ1n) is 9.19. The molecule has 0 saturated carbocycles. The zero-order valence-corrected chi connectivity index (χ0v) is 16.6. The van der Waals surface area contributed by atoms with E-state index in [1.54, 1.807) is 16.8 Å². The molecule has 150 valence electrons. The highest BCUT2D eigenvalue weighted by Crippen LogP contribution is 2.30. The Kier molecular flexibility index (Phi) is 7.21. The van der Waals surface area contributed by atoms with Crippen molar-refractivity contribution >= 4 is 11.9 Å². The van der Waals surface area contributed by atoms with Crippen LogP contribution in [-0.4, -0.2) is 79.3 Å². The quantitative estimate of drug-likeness (QED) is 0.777. The molecule has 1 aromatic carbocycles. The van der Waals surface area contributed by atoms with E-state index in [9.17, 15) is 9.59 Å². The molecule has 0 radical (unpaired) electrons. The zero-order chi connectivity index (χ0) is 20.0. The maximum atomic E-state index is 12.6. The smallest absolute Gasteiger partial charge is 0.317 e. The lowest BCUT2D eigenvalue weighted by molar-refractivity contribution is -0.143. The number of carboxylic acids is 1. The van der Waals surface area contributed by atoms with Gasteiger partial charge < -0.3 is 19.5 Å². The van der Waals surface area contributed by atoms with E-state index in [0.717, 1.165) is 11.3 Å². The molecule has 7 nitrogen and oxygen atoms in total. The number of para-hydroxylation sites is 1. The third kappa shape index (κ3) is 6.52. The van der Waals surface area contributed by atoms with Crippen LogP contribution >= 0.6 is 0 Å². The summed E-state index contributed by atoms with van der Waals surface area (Å²) in [5, 5.41) is 8.85. The first kappa shape index (κ1) is 21.2. The topological polar surface area (TPSA) is 79.3 Å². The first-order valence-corrected chi connectivity index (χ1v) is 9.19. The second-order valence-electron chi connectivity index (χ2n) is 7.96. The van der Waals surface area contributed by atoms with Gasteiger partial charge in [-0.05, 0) is 24.1 Å². The number of likely N-dealkylation sites (N-methyl/N-ethyl adjacent to an activating group) is 1. The minimum Gasteiger partial charge on any atom is -0.483 e. The van der Waals surface area contributed by atoms with Crippen molar-refractivity contribution in [1.82, 2.24) is 9.80 Å². The summed E-state index contributed by atoms with van der Waals surface area (Å²) in [7, 11) is 1.73. The summed E-state index contributed by atoms with van der Waals surface area (Å²) in [6.07, 6.45) is -0.200. The molecular weight excluding hydrogens is 348 g/mol. The Bertz CT molecular complexity index is 656. The van der Waals surface area contributed by atoms with E-state index in [1.165, 1.54) is 0 Å². The van der Waals surface area contributed by atoms with E-state index in [4.69, 9.17) is 14.6 Å². The molecule has 1 saturated heterocycles. The van der Waals surface area contributed by atoms with Gasteiger partial charge in [0.25, 0.3) is 5.91 Å². The monoisotopic (exact) mass is 378 g/mol. The Labute approximate surface area is 160 Å². The molecule has 0 aliphatic carbocycles. The van der Waals surface area contributed by atoms with Crippen LogP contribution in [0.5, 0.6) is 5.75 Å². The molecule has 0 spiro atoms. The van der Waals surface area contributed by atoms with Gasteiger partial charge in [0.1, 0.15) is 5.75 Å². The number of morpholine rings is 1. The number of benzene rings is 1. The normalized spacial score (nSPS) is 17.8. The van der Waals surface area contributed by atoms with Gasteiger partial charge in [0.05, 0.1) is 19.3 Å². The lowest BCUT2D eigenvalue weighted by atomic mass is 9.86. The van der Waals surface area contributed by atoms with Crippen molar-refractivity contribution in [3.8, 4) is 5.75 Å². The highest BCUT2D eigenvalue weighted by Gasteiger charge is 2.26. The van der Waals surface area contributed by atoms with Crippen LogP contribution < -0.4 is 4.74 Å². The Balaban J connectivity index is 1.90. The van der Waals surface area contributed by atoms with Gasteiger partial charge in [0, 0.05) is 19.6 Å². The van der Waals surface area contributed by atoms with Crippen molar-refractivity contribution < 1.29 is 24.2 Å². The molecule has 0 bridgehead atoms. The fourth-order valence-electron chi connectivity index (χ4n) is 3.14. The molecule has 2 rings (SSSR count). The molecule has 1 heterocycles. The molecule has 27 heavy (non-hydrogen) atoms. The number of ether oxygens (including phenoxy) is 2. The minimum atomic E-state index is -0.882. The summed E-state index contributed by atoms with van der Waals surface area (Å²) in [4.78, 5) is 26.8. The van der Waals surface area contributed by atoms with Crippen molar-refractivity contribution in [1.29, 1.82) is 0 Å². The van der Waals surface area contributed by atoms with Crippen molar-refractivity contribution in [2.24, 2.45) is 0 Å². The first-order chi connectivity index (χ1) is 12.7. The maximum Gasteiger partial charge on any atom is 0.317 e. The molecule has 1 amide bonds. The summed E-state index contributed by atoms with van der Waals surface area (Å²) < 4.78 is 11.5. The Morgan fingerprint density at radius 1 is 1.33 bits per heavy atom. The molecular formula is C20H30N2O5. The van der Waals surface area contributed by atoms with Crippen LogP contribution in [-0.2, 0) is 19.7 Å². The highest BCUT2D eigenvalue weighted by atomic mass is 16.5. The SMILES string of the molecule is CN(CC(=O)O)CC1CN(C(=O)COc2ccccc2C(C)(C)C)CCO1. The van der Waals surface area contributed by atoms with Gasteiger partial charge in [0.2, 0.25) is 0 Å². The molecule has 0 aromatic heterocycles. The number of carbonyl (C=O) groups excluding carboxylic acids is 1. The predicted octanol–water partition coefficient (Wildman–Crippen LogP) is 1.61. The largest absolute Gasteiger partial charge is 0.483 e. The Hall–Kier alpha value is -2.12. The highest BCUT2D eigenvalue weighted by molar-refractivity contribution is 5.78. The van der Waals surface area contributed by atoms with Gasteiger partial charge in [0.15, 0.2) is 6.61 Å². The van der Waals surface area contributed by atoms with E-state index in [1.807, 2.05) is 24.3 Å². The lowest BCUT2D eigenvalue weighted by Gasteiger charge is -2.34. The third-order valence-corrected chi connectivity index (χ3v) is 4.46. The van der Waals surface area contributed by atoms with Crippen molar-refractivity contribution in [3.63, 3.8) is 0 Å². The number of carbonyl (C=O) groups is 2. The number of amides is 1. The van der Waals surface area contributed by atoms with Gasteiger partial charge in [-0.3, -0.25) is 14.5 Å². The summed E-state index contributed by atoms with van der Waals surface area (Å²) in [5.74, 6) is -0.246. The number of hydrogen-bond donors (Lipinski definition) is 1. The van der Waals surface area contributed by atoms with Crippen molar-refractivity contribution in [2.45, 2.75) is 32.3 Å². The number of nitrogens with zero attached hydrogens (tertiary/aromatic N) is 2. The average molecular weight is 378 g/mol. The Morgan fingerprint density at radius 2 is 2.04 bits per heavy atom. The molecule has 1 N–H and O–H groups in total. The Morgan fingerprint density at radius 3 is 2.70 bits per heavy atom. The zero-order valence-electron chi connectivity index (χ0n) is 16.6. The van der Waals surface area contributed by atoms with Crippen molar-refractivity contribution in [2.75, 3.05) is 46.4 Å². The summed E-state index contributed by atoms with van der Waals surface area (Å²) >= 11 is 0. The van der Waals surface area contributed by atoms with Gasteiger partial charge in [-0.25, -0.2) is 0 Å². The van der Waals surface area contributed by atoms with Crippen LogP contribution in [0.4, 0.5) is 0 Å². The number of rotatable bonds is 7. The molecule has 7 heteroatoms. The van der Waals surface area contributed by atoms with Crippen LogP contribution in [0, 0.1) is 0 Å². The lowest BCUT2D eigenvalue weighted by Crippen LogP contribution is -2.50. The van der Waals surface area contributed by atoms with Crippen LogP contribution in [0.25, 0.3) is 0 Å². The van der Waals surface area contributed by atoms with Gasteiger partial charge >= 0.3 is 5.97 Å². The molecule has 1 aromatic rings. The molecule has 1 fully saturated rings. The van der Waals surface area contributed by atoms with E-state index >= 15 is 0 Å². The van der Waals surface area contributed by atoms with Gasteiger partial charge in [-0.2, -0.15) is 0 Å².